The third kappa shape index (κ3) is 2.23. The Morgan fingerprint density at radius 2 is 1.95 bits per heavy atom. The lowest BCUT2D eigenvalue weighted by Gasteiger charge is -2.22. The second-order valence-electron chi connectivity index (χ2n) is 6.20. The molecule has 20 heavy (non-hydrogen) atoms. The zero-order valence-corrected chi connectivity index (χ0v) is 11.7. The number of aromatic nitrogens is 2. The zero-order valence-electron chi connectivity index (χ0n) is 11.7. The molecule has 0 bridgehead atoms. The van der Waals surface area contributed by atoms with Gasteiger partial charge in [0, 0.05) is 30.6 Å². The Bertz CT molecular complexity index is 500. The molecule has 2 unspecified atom stereocenters. The van der Waals surface area contributed by atoms with E-state index in [0.29, 0.717) is 23.8 Å². The summed E-state index contributed by atoms with van der Waals surface area (Å²) in [5, 5.41) is 3.62. The molecule has 1 aromatic heterocycles. The first-order valence-corrected chi connectivity index (χ1v) is 7.69. The molecule has 2 saturated heterocycles. The van der Waals surface area contributed by atoms with Crippen molar-refractivity contribution in [2.75, 3.05) is 23.8 Å². The van der Waals surface area contributed by atoms with Crippen molar-refractivity contribution in [3.05, 3.63) is 11.9 Å². The monoisotopic (exact) mass is 274 g/mol. The van der Waals surface area contributed by atoms with Crippen LogP contribution in [0, 0.1) is 0 Å². The molecule has 0 radical (unpaired) electrons. The van der Waals surface area contributed by atoms with Crippen molar-refractivity contribution < 1.29 is 0 Å². The highest BCUT2D eigenvalue weighted by Crippen LogP contribution is 2.39. The summed E-state index contributed by atoms with van der Waals surface area (Å²) in [6.45, 7) is 2.47. The van der Waals surface area contributed by atoms with Crippen molar-refractivity contribution in [1.82, 2.24) is 14.9 Å². The van der Waals surface area contributed by atoms with Gasteiger partial charge in [0.15, 0.2) is 0 Å². The number of hydrogen-bond acceptors (Lipinski definition) is 6. The van der Waals surface area contributed by atoms with E-state index in [-0.39, 0.29) is 0 Å². The van der Waals surface area contributed by atoms with Crippen LogP contribution in [0.1, 0.15) is 43.8 Å². The summed E-state index contributed by atoms with van der Waals surface area (Å²) in [6.07, 6.45) is 6.25. The first-order chi connectivity index (χ1) is 9.83. The minimum absolute atomic E-state index is 0.519. The molecule has 3 heterocycles. The molecule has 0 amide bonds. The third-order valence-electron chi connectivity index (χ3n) is 4.77. The zero-order chi connectivity index (χ0) is 13.5. The van der Waals surface area contributed by atoms with Gasteiger partial charge in [-0.25, -0.2) is 15.8 Å². The number of hydrogen-bond donors (Lipinski definition) is 3. The fourth-order valence-electron chi connectivity index (χ4n) is 3.58. The van der Waals surface area contributed by atoms with E-state index in [4.69, 9.17) is 5.84 Å². The largest absolute Gasteiger partial charge is 0.366 e. The lowest BCUT2D eigenvalue weighted by Crippen LogP contribution is -2.34. The van der Waals surface area contributed by atoms with Crippen molar-refractivity contribution in [3.8, 4) is 0 Å². The number of hydrazine groups is 1. The van der Waals surface area contributed by atoms with E-state index in [0.717, 1.165) is 11.6 Å². The SMILES string of the molecule is NNc1cc(NC2CCN3CCCC23)nc(C2CC2)n1. The number of anilines is 2. The van der Waals surface area contributed by atoms with Gasteiger partial charge in [-0.2, -0.15) is 0 Å². The maximum Gasteiger partial charge on any atom is 0.145 e. The average molecular weight is 274 g/mol. The summed E-state index contributed by atoms with van der Waals surface area (Å²) in [6, 6.07) is 3.12. The van der Waals surface area contributed by atoms with Gasteiger partial charge in [-0.3, -0.25) is 4.90 Å². The van der Waals surface area contributed by atoms with Crippen molar-refractivity contribution in [1.29, 1.82) is 0 Å². The fraction of sp³-hybridized carbons (Fsp3) is 0.714. The number of fused-ring (bicyclic) bond motifs is 1. The standard InChI is InChI=1S/C14H22N6/c15-19-13-8-12(17-14(18-13)9-3-4-9)16-10-5-7-20-6-1-2-11(10)20/h8-11H,1-7,15H2,(H2,16,17,18,19). The summed E-state index contributed by atoms with van der Waals surface area (Å²) in [5.74, 6) is 8.64. The minimum atomic E-state index is 0.519. The normalized spacial score (nSPS) is 29.4. The Balaban J connectivity index is 1.54. The van der Waals surface area contributed by atoms with E-state index < -0.39 is 0 Å². The van der Waals surface area contributed by atoms with Gasteiger partial charge in [-0.05, 0) is 38.6 Å². The fourth-order valence-corrected chi connectivity index (χ4v) is 3.58. The van der Waals surface area contributed by atoms with Gasteiger partial charge in [0.1, 0.15) is 17.5 Å². The highest BCUT2D eigenvalue weighted by molar-refractivity contribution is 5.48. The van der Waals surface area contributed by atoms with Gasteiger partial charge < -0.3 is 10.7 Å². The maximum absolute atomic E-state index is 5.53. The van der Waals surface area contributed by atoms with Gasteiger partial charge in [0.25, 0.3) is 0 Å². The molecule has 108 valence electrons. The van der Waals surface area contributed by atoms with E-state index >= 15 is 0 Å². The molecule has 0 spiro atoms. The predicted octanol–water partition coefficient (Wildman–Crippen LogP) is 1.29. The van der Waals surface area contributed by atoms with Gasteiger partial charge in [0.05, 0.1) is 0 Å². The number of nitrogens with two attached hydrogens (primary N) is 1. The lowest BCUT2D eigenvalue weighted by molar-refractivity contribution is 0.318. The van der Waals surface area contributed by atoms with E-state index in [1.54, 1.807) is 0 Å². The Morgan fingerprint density at radius 1 is 1.10 bits per heavy atom. The number of nitrogens with one attached hydrogen (secondary N) is 2. The predicted molar refractivity (Wildman–Crippen MR) is 78.4 cm³/mol. The van der Waals surface area contributed by atoms with Gasteiger partial charge in [0.2, 0.25) is 0 Å². The quantitative estimate of drug-likeness (QED) is 0.567. The molecule has 2 aliphatic heterocycles. The van der Waals surface area contributed by atoms with Crippen LogP contribution in [0.25, 0.3) is 0 Å². The summed E-state index contributed by atoms with van der Waals surface area (Å²) in [5.41, 5.74) is 2.66. The second kappa shape index (κ2) is 4.86. The number of nitrogens with zero attached hydrogens (tertiary/aromatic N) is 3. The van der Waals surface area contributed by atoms with Crippen molar-refractivity contribution in [2.24, 2.45) is 5.84 Å². The molecule has 3 aliphatic rings. The smallest absolute Gasteiger partial charge is 0.145 e. The van der Waals surface area contributed by atoms with Gasteiger partial charge >= 0.3 is 0 Å². The molecule has 3 fully saturated rings. The van der Waals surface area contributed by atoms with Crippen LogP contribution >= 0.6 is 0 Å². The van der Waals surface area contributed by atoms with Gasteiger partial charge in [-0.1, -0.05) is 0 Å². The Labute approximate surface area is 119 Å². The molecule has 6 heteroatoms. The summed E-state index contributed by atoms with van der Waals surface area (Å²) >= 11 is 0. The molecule has 1 aromatic rings. The van der Waals surface area contributed by atoms with Crippen LogP contribution in [-0.4, -0.2) is 40.0 Å². The van der Waals surface area contributed by atoms with E-state index in [9.17, 15) is 0 Å². The molecule has 4 rings (SSSR count). The van der Waals surface area contributed by atoms with E-state index in [1.165, 1.54) is 45.2 Å². The lowest BCUT2D eigenvalue weighted by atomic mass is 10.1. The number of nitrogen functional groups attached to an aromatic ring is 1. The van der Waals surface area contributed by atoms with Crippen LogP contribution in [0.4, 0.5) is 11.6 Å². The molecule has 0 aromatic carbocycles. The molecule has 1 aliphatic carbocycles. The van der Waals surface area contributed by atoms with E-state index in [1.807, 2.05) is 6.07 Å². The maximum atomic E-state index is 5.53. The highest BCUT2D eigenvalue weighted by atomic mass is 15.3. The van der Waals surface area contributed by atoms with Gasteiger partial charge in [-0.15, -0.1) is 0 Å². The number of rotatable bonds is 4. The Kier molecular flexibility index (Phi) is 3.00. The summed E-state index contributed by atoms with van der Waals surface area (Å²) in [7, 11) is 0. The van der Waals surface area contributed by atoms with Crippen LogP contribution in [-0.2, 0) is 0 Å². The molecule has 2 atom stereocenters. The minimum Gasteiger partial charge on any atom is -0.366 e. The molecular weight excluding hydrogens is 252 g/mol. The Hall–Kier alpha value is -1.40. The molecular formula is C14H22N6. The highest BCUT2D eigenvalue weighted by Gasteiger charge is 2.37. The van der Waals surface area contributed by atoms with Crippen molar-refractivity contribution in [2.45, 2.75) is 50.1 Å². The molecule has 4 N–H and O–H groups in total. The molecule has 1 saturated carbocycles. The van der Waals surface area contributed by atoms with Crippen LogP contribution in [0.2, 0.25) is 0 Å². The van der Waals surface area contributed by atoms with Crippen LogP contribution in [0.5, 0.6) is 0 Å². The summed E-state index contributed by atoms with van der Waals surface area (Å²) < 4.78 is 0. The second-order valence-corrected chi connectivity index (χ2v) is 6.20. The van der Waals surface area contributed by atoms with Crippen LogP contribution in [0.15, 0.2) is 6.07 Å². The molecule has 6 nitrogen and oxygen atoms in total. The van der Waals surface area contributed by atoms with Crippen molar-refractivity contribution >= 4 is 11.6 Å². The topological polar surface area (TPSA) is 79.1 Å². The Morgan fingerprint density at radius 3 is 2.75 bits per heavy atom. The third-order valence-corrected chi connectivity index (χ3v) is 4.77. The van der Waals surface area contributed by atoms with Crippen LogP contribution in [0.3, 0.4) is 0 Å². The summed E-state index contributed by atoms with van der Waals surface area (Å²) in [4.78, 5) is 11.7. The van der Waals surface area contributed by atoms with E-state index in [2.05, 4.69) is 25.6 Å². The average Bonchev–Trinajstić information content (AvgIpc) is 3.10. The van der Waals surface area contributed by atoms with Crippen LogP contribution < -0.4 is 16.6 Å². The first kappa shape index (κ1) is 12.3. The van der Waals surface area contributed by atoms with Crippen molar-refractivity contribution in [3.63, 3.8) is 0 Å². The first-order valence-electron chi connectivity index (χ1n) is 7.69.